The van der Waals surface area contributed by atoms with E-state index in [1.54, 1.807) is 11.8 Å². The molecule has 8 heteroatoms. The molecule has 4 nitrogen and oxygen atoms in total. The molecule has 0 aliphatic heterocycles. The van der Waals surface area contributed by atoms with Gasteiger partial charge in [0.2, 0.25) is 5.91 Å². The van der Waals surface area contributed by atoms with Crippen molar-refractivity contribution in [2.75, 3.05) is 31.8 Å². The number of nitrogens with one attached hydrogen (secondary N) is 1. The molecule has 0 rings (SSSR count). The van der Waals surface area contributed by atoms with Gasteiger partial charge in [0.1, 0.15) is 6.61 Å². The molecule has 1 amide bonds. The van der Waals surface area contributed by atoms with Crippen molar-refractivity contribution < 1.29 is 22.7 Å². The first kappa shape index (κ1) is 16.5. The Hall–Kier alpha value is -0.470. The van der Waals surface area contributed by atoms with Gasteiger partial charge in [0.15, 0.2) is 0 Å². The van der Waals surface area contributed by atoms with Crippen molar-refractivity contribution in [2.24, 2.45) is 5.73 Å². The predicted octanol–water partition coefficient (Wildman–Crippen LogP) is 0.762. The summed E-state index contributed by atoms with van der Waals surface area (Å²) in [7, 11) is 0. The molecule has 102 valence electrons. The Kier molecular flexibility index (Phi) is 8.36. The van der Waals surface area contributed by atoms with Crippen LogP contribution >= 0.6 is 11.8 Å². The van der Waals surface area contributed by atoms with Crippen LogP contribution in [0.2, 0.25) is 0 Å². The van der Waals surface area contributed by atoms with Gasteiger partial charge < -0.3 is 15.8 Å². The van der Waals surface area contributed by atoms with Crippen molar-refractivity contribution in [3.63, 3.8) is 0 Å². The molecule has 0 aliphatic carbocycles. The lowest BCUT2D eigenvalue weighted by atomic mass is 10.2. The van der Waals surface area contributed by atoms with Crippen LogP contribution < -0.4 is 11.1 Å². The van der Waals surface area contributed by atoms with Gasteiger partial charge in [0.05, 0.1) is 12.6 Å². The molecule has 0 aromatic rings. The SMILES string of the molecule is CSCC[C@H](N)C(=O)NCCOCC(F)(F)F. The fraction of sp³-hybridized carbons (Fsp3) is 0.889. The fourth-order valence-corrected chi connectivity index (χ4v) is 1.43. The molecule has 0 aromatic heterocycles. The quantitative estimate of drug-likeness (QED) is 0.641. The van der Waals surface area contributed by atoms with Crippen LogP contribution in [0.1, 0.15) is 6.42 Å². The van der Waals surface area contributed by atoms with Crippen LogP contribution in [0.4, 0.5) is 13.2 Å². The number of hydrogen-bond acceptors (Lipinski definition) is 4. The highest BCUT2D eigenvalue weighted by molar-refractivity contribution is 7.98. The van der Waals surface area contributed by atoms with Gasteiger partial charge in [-0.15, -0.1) is 0 Å². The summed E-state index contributed by atoms with van der Waals surface area (Å²) in [5.41, 5.74) is 5.54. The molecule has 3 N–H and O–H groups in total. The third kappa shape index (κ3) is 10.4. The van der Waals surface area contributed by atoms with Crippen LogP contribution in [0.15, 0.2) is 0 Å². The van der Waals surface area contributed by atoms with E-state index in [4.69, 9.17) is 5.73 Å². The van der Waals surface area contributed by atoms with E-state index in [0.717, 1.165) is 5.75 Å². The number of rotatable bonds is 8. The number of carbonyl (C=O) groups is 1. The standard InChI is InChI=1S/C9H17F3N2O2S/c1-17-5-2-7(13)8(15)14-3-4-16-6-9(10,11)12/h7H,2-6,13H2,1H3,(H,14,15)/t7-/m0/s1. The third-order valence-electron chi connectivity index (χ3n) is 1.78. The molecule has 0 fully saturated rings. The first-order valence-electron chi connectivity index (χ1n) is 5.03. The number of ether oxygens (including phenoxy) is 1. The van der Waals surface area contributed by atoms with E-state index in [0.29, 0.717) is 6.42 Å². The zero-order valence-corrected chi connectivity index (χ0v) is 10.4. The number of amides is 1. The van der Waals surface area contributed by atoms with Gasteiger partial charge >= 0.3 is 6.18 Å². The van der Waals surface area contributed by atoms with Crippen LogP contribution in [0.5, 0.6) is 0 Å². The van der Waals surface area contributed by atoms with Crippen LogP contribution in [-0.2, 0) is 9.53 Å². The van der Waals surface area contributed by atoms with E-state index in [1.165, 1.54) is 0 Å². The monoisotopic (exact) mass is 274 g/mol. The zero-order valence-electron chi connectivity index (χ0n) is 9.55. The highest BCUT2D eigenvalue weighted by atomic mass is 32.2. The van der Waals surface area contributed by atoms with E-state index in [-0.39, 0.29) is 19.1 Å². The summed E-state index contributed by atoms with van der Waals surface area (Å²) < 4.78 is 39.3. The number of nitrogens with two attached hydrogens (primary N) is 1. The van der Waals surface area contributed by atoms with Gasteiger partial charge in [-0.1, -0.05) is 0 Å². The molecule has 0 aliphatic rings. The molecule has 0 heterocycles. The van der Waals surface area contributed by atoms with Crippen LogP contribution in [0, 0.1) is 0 Å². The summed E-state index contributed by atoms with van der Waals surface area (Å²) in [5.74, 6) is 0.397. The molecule has 0 saturated heterocycles. The lowest BCUT2D eigenvalue weighted by Gasteiger charge is -2.12. The minimum absolute atomic E-state index is 0.0296. The number of halogens is 3. The Labute approximate surface area is 102 Å². The Balaban J connectivity index is 3.51. The normalized spacial score (nSPS) is 13.5. The van der Waals surface area contributed by atoms with E-state index in [1.807, 2.05) is 6.26 Å². The lowest BCUT2D eigenvalue weighted by molar-refractivity contribution is -0.173. The van der Waals surface area contributed by atoms with Gasteiger partial charge in [-0.05, 0) is 18.4 Å². The molecular weight excluding hydrogens is 257 g/mol. The Bertz CT molecular complexity index is 227. The van der Waals surface area contributed by atoms with E-state index in [9.17, 15) is 18.0 Å². The predicted molar refractivity (Wildman–Crippen MR) is 60.9 cm³/mol. The summed E-state index contributed by atoms with van der Waals surface area (Å²) in [6.07, 6.45) is -1.90. The third-order valence-corrected chi connectivity index (χ3v) is 2.43. The summed E-state index contributed by atoms with van der Waals surface area (Å²) in [6, 6.07) is -0.620. The van der Waals surface area contributed by atoms with Crippen molar-refractivity contribution >= 4 is 17.7 Å². The summed E-state index contributed by atoms with van der Waals surface area (Å²) in [6.45, 7) is -1.45. The van der Waals surface area contributed by atoms with Gasteiger partial charge in [-0.25, -0.2) is 0 Å². The number of hydrogen-bond donors (Lipinski definition) is 2. The second-order valence-electron chi connectivity index (χ2n) is 3.35. The maximum atomic E-state index is 11.7. The zero-order chi connectivity index (χ0) is 13.3. The molecule has 0 spiro atoms. The Morgan fingerprint density at radius 3 is 2.71 bits per heavy atom. The van der Waals surface area contributed by atoms with Crippen molar-refractivity contribution in [2.45, 2.75) is 18.6 Å². The highest BCUT2D eigenvalue weighted by Gasteiger charge is 2.27. The maximum Gasteiger partial charge on any atom is 0.411 e. The van der Waals surface area contributed by atoms with Gasteiger partial charge in [-0.2, -0.15) is 24.9 Å². The topological polar surface area (TPSA) is 64.4 Å². The second kappa shape index (κ2) is 8.60. The fourth-order valence-electron chi connectivity index (χ4n) is 0.941. The van der Waals surface area contributed by atoms with Crippen LogP contribution in [-0.4, -0.2) is 49.9 Å². The average Bonchev–Trinajstić information content (AvgIpc) is 2.23. The van der Waals surface area contributed by atoms with Crippen molar-refractivity contribution in [3.05, 3.63) is 0 Å². The molecule has 1 atom stereocenters. The largest absolute Gasteiger partial charge is 0.411 e. The summed E-state index contributed by atoms with van der Waals surface area (Å²) >= 11 is 1.57. The lowest BCUT2D eigenvalue weighted by Crippen LogP contribution is -2.42. The molecule has 0 aromatic carbocycles. The second-order valence-corrected chi connectivity index (χ2v) is 4.33. The Morgan fingerprint density at radius 1 is 1.53 bits per heavy atom. The molecular formula is C9H17F3N2O2S. The van der Waals surface area contributed by atoms with Crippen molar-refractivity contribution in [1.82, 2.24) is 5.32 Å². The first-order valence-corrected chi connectivity index (χ1v) is 6.43. The molecule has 0 bridgehead atoms. The van der Waals surface area contributed by atoms with Crippen LogP contribution in [0.3, 0.4) is 0 Å². The highest BCUT2D eigenvalue weighted by Crippen LogP contribution is 2.13. The van der Waals surface area contributed by atoms with Gasteiger partial charge in [0.25, 0.3) is 0 Å². The molecule has 17 heavy (non-hydrogen) atoms. The van der Waals surface area contributed by atoms with Crippen molar-refractivity contribution in [1.29, 1.82) is 0 Å². The summed E-state index contributed by atoms with van der Waals surface area (Å²) in [5, 5.41) is 2.41. The number of thioether (sulfide) groups is 1. The van der Waals surface area contributed by atoms with E-state index >= 15 is 0 Å². The van der Waals surface area contributed by atoms with E-state index in [2.05, 4.69) is 10.1 Å². The first-order chi connectivity index (χ1) is 7.87. The molecule has 0 unspecified atom stereocenters. The van der Waals surface area contributed by atoms with Crippen molar-refractivity contribution in [3.8, 4) is 0 Å². The molecule has 0 saturated carbocycles. The number of carbonyl (C=O) groups excluding carboxylic acids is 1. The van der Waals surface area contributed by atoms with Gasteiger partial charge in [0, 0.05) is 6.54 Å². The minimum Gasteiger partial charge on any atom is -0.370 e. The minimum atomic E-state index is -4.33. The van der Waals surface area contributed by atoms with Gasteiger partial charge in [-0.3, -0.25) is 4.79 Å². The van der Waals surface area contributed by atoms with E-state index < -0.39 is 18.8 Å². The average molecular weight is 274 g/mol. The number of alkyl halides is 3. The van der Waals surface area contributed by atoms with Crippen LogP contribution in [0.25, 0.3) is 0 Å². The molecule has 0 radical (unpaired) electrons. The maximum absolute atomic E-state index is 11.7. The Morgan fingerprint density at radius 2 is 2.18 bits per heavy atom. The summed E-state index contributed by atoms with van der Waals surface area (Å²) in [4.78, 5) is 11.3. The smallest absolute Gasteiger partial charge is 0.370 e.